The summed E-state index contributed by atoms with van der Waals surface area (Å²) in [4.78, 5) is 12.1. The highest BCUT2D eigenvalue weighted by molar-refractivity contribution is 5.74. The Hall–Kier alpha value is -1.55. The lowest BCUT2D eigenvalue weighted by Crippen LogP contribution is -2.38. The smallest absolute Gasteiger partial charge is 0.311 e. The van der Waals surface area contributed by atoms with Gasteiger partial charge < -0.3 is 14.6 Å². The van der Waals surface area contributed by atoms with Crippen molar-refractivity contribution in [2.24, 2.45) is 5.92 Å². The molecule has 2 atom stereocenters. The minimum Gasteiger partial charge on any atom is -0.493 e. The van der Waals surface area contributed by atoms with Crippen molar-refractivity contribution >= 4 is 5.97 Å². The molecule has 1 rings (SSSR count). The van der Waals surface area contributed by atoms with Crippen LogP contribution in [0.5, 0.6) is 5.75 Å². The number of methoxy groups -OCH3 is 1. The number of carbonyl (C=O) groups excluding carboxylic acids is 1. The van der Waals surface area contributed by atoms with E-state index < -0.39 is 11.5 Å². The summed E-state index contributed by atoms with van der Waals surface area (Å²) in [6, 6.07) is 7.29. The van der Waals surface area contributed by atoms with Crippen LogP contribution in [0.4, 0.5) is 0 Å². The molecule has 0 saturated heterocycles. The molecule has 118 valence electrons. The van der Waals surface area contributed by atoms with E-state index in [9.17, 15) is 9.90 Å². The zero-order valence-electron chi connectivity index (χ0n) is 13.4. The van der Waals surface area contributed by atoms with Gasteiger partial charge in [-0.3, -0.25) is 4.79 Å². The van der Waals surface area contributed by atoms with Crippen molar-refractivity contribution in [1.82, 2.24) is 0 Å². The third-order valence-electron chi connectivity index (χ3n) is 3.74. The second-order valence-electron chi connectivity index (χ2n) is 5.29. The van der Waals surface area contributed by atoms with Gasteiger partial charge >= 0.3 is 5.97 Å². The molecule has 0 aliphatic rings. The Morgan fingerprint density at radius 1 is 1.33 bits per heavy atom. The molecule has 4 heteroatoms. The molecule has 0 amide bonds. The molecule has 1 aromatic rings. The molecule has 0 aromatic heterocycles. The van der Waals surface area contributed by atoms with Crippen molar-refractivity contribution in [2.75, 3.05) is 13.7 Å². The maximum absolute atomic E-state index is 12.1. The molecule has 1 aromatic carbocycles. The lowest BCUT2D eigenvalue weighted by Gasteiger charge is -2.32. The van der Waals surface area contributed by atoms with Crippen LogP contribution >= 0.6 is 0 Å². The fourth-order valence-corrected chi connectivity index (χ4v) is 2.53. The second kappa shape index (κ2) is 8.03. The average Bonchev–Trinajstić information content (AvgIpc) is 2.48. The van der Waals surface area contributed by atoms with Crippen LogP contribution in [0.1, 0.15) is 45.6 Å². The number of unbranched alkanes of at least 4 members (excludes halogenated alkanes) is 1. The first-order valence-corrected chi connectivity index (χ1v) is 7.51. The molecule has 0 fully saturated rings. The number of rotatable bonds is 8. The van der Waals surface area contributed by atoms with Crippen molar-refractivity contribution in [1.29, 1.82) is 0 Å². The molecular formula is C17H26O4. The van der Waals surface area contributed by atoms with Gasteiger partial charge in [-0.25, -0.2) is 0 Å². The molecule has 0 spiro atoms. The lowest BCUT2D eigenvalue weighted by atomic mass is 9.79. The van der Waals surface area contributed by atoms with E-state index in [0.717, 1.165) is 12.8 Å². The first-order valence-electron chi connectivity index (χ1n) is 7.51. The summed E-state index contributed by atoms with van der Waals surface area (Å²) in [6.45, 7) is 6.10. The van der Waals surface area contributed by atoms with Crippen LogP contribution in [-0.4, -0.2) is 24.8 Å². The van der Waals surface area contributed by atoms with Crippen LogP contribution in [0.2, 0.25) is 0 Å². The Balaban J connectivity index is 3.17. The van der Waals surface area contributed by atoms with Gasteiger partial charge in [-0.05, 0) is 26.3 Å². The van der Waals surface area contributed by atoms with Crippen LogP contribution in [0.15, 0.2) is 24.3 Å². The molecule has 0 saturated carbocycles. The number of hydrogen-bond donors (Lipinski definition) is 1. The number of benzene rings is 1. The molecule has 4 nitrogen and oxygen atoms in total. The van der Waals surface area contributed by atoms with Gasteiger partial charge in [-0.15, -0.1) is 0 Å². The molecule has 0 bridgehead atoms. The fraction of sp³-hybridized carbons (Fsp3) is 0.588. The highest BCUT2D eigenvalue weighted by Crippen LogP contribution is 2.38. The van der Waals surface area contributed by atoms with Gasteiger partial charge in [0, 0.05) is 5.56 Å². The first kappa shape index (κ1) is 17.5. The molecule has 0 heterocycles. The number of aliphatic hydroxyl groups is 1. The standard InChI is InChI=1S/C17H26O4/c1-5-7-10-14(16(18)20-4)17(3,19)13-11-8-9-12-15(13)21-6-2/h8-9,11-12,14,19H,5-7,10H2,1-4H3. The maximum Gasteiger partial charge on any atom is 0.311 e. The van der Waals surface area contributed by atoms with Crippen LogP contribution < -0.4 is 4.74 Å². The average molecular weight is 294 g/mol. The molecule has 21 heavy (non-hydrogen) atoms. The number of hydrogen-bond acceptors (Lipinski definition) is 4. The van der Waals surface area contributed by atoms with E-state index >= 15 is 0 Å². The summed E-state index contributed by atoms with van der Waals surface area (Å²) >= 11 is 0. The summed E-state index contributed by atoms with van der Waals surface area (Å²) in [6.07, 6.45) is 2.39. The highest BCUT2D eigenvalue weighted by Gasteiger charge is 2.40. The van der Waals surface area contributed by atoms with Crippen molar-refractivity contribution in [3.8, 4) is 5.75 Å². The Morgan fingerprint density at radius 3 is 2.57 bits per heavy atom. The van der Waals surface area contributed by atoms with Gasteiger partial charge in [0.1, 0.15) is 11.4 Å². The summed E-state index contributed by atoms with van der Waals surface area (Å²) in [5.41, 5.74) is -0.702. The van der Waals surface area contributed by atoms with Gasteiger partial charge in [0.2, 0.25) is 0 Å². The third-order valence-corrected chi connectivity index (χ3v) is 3.74. The van der Waals surface area contributed by atoms with E-state index in [1.54, 1.807) is 13.0 Å². The lowest BCUT2D eigenvalue weighted by molar-refractivity contribution is -0.156. The molecule has 2 unspecified atom stereocenters. The van der Waals surface area contributed by atoms with Gasteiger partial charge in [-0.2, -0.15) is 0 Å². The van der Waals surface area contributed by atoms with E-state index in [2.05, 4.69) is 6.92 Å². The van der Waals surface area contributed by atoms with Crippen molar-refractivity contribution < 1.29 is 19.4 Å². The van der Waals surface area contributed by atoms with Crippen LogP contribution in [0, 0.1) is 5.92 Å². The van der Waals surface area contributed by atoms with E-state index in [1.807, 2.05) is 25.1 Å². The van der Waals surface area contributed by atoms with Crippen LogP contribution in [0.25, 0.3) is 0 Å². The number of para-hydroxylation sites is 1. The minimum absolute atomic E-state index is 0.389. The number of esters is 1. The van der Waals surface area contributed by atoms with Crippen molar-refractivity contribution in [3.05, 3.63) is 29.8 Å². The van der Waals surface area contributed by atoms with Gasteiger partial charge in [0.15, 0.2) is 0 Å². The first-order chi connectivity index (χ1) is 9.98. The Kier molecular flexibility index (Phi) is 6.69. The molecule has 0 aliphatic heterocycles. The molecule has 0 aliphatic carbocycles. The Bertz CT molecular complexity index is 454. The zero-order chi connectivity index (χ0) is 15.9. The molecular weight excluding hydrogens is 268 g/mol. The SMILES string of the molecule is CCCCC(C(=O)OC)C(C)(O)c1ccccc1OCC. The number of ether oxygens (including phenoxy) is 2. The van der Waals surface area contributed by atoms with Gasteiger partial charge in [-0.1, -0.05) is 38.0 Å². The maximum atomic E-state index is 12.1. The Labute approximate surface area is 127 Å². The predicted molar refractivity (Wildman–Crippen MR) is 82.2 cm³/mol. The summed E-state index contributed by atoms with van der Waals surface area (Å²) < 4.78 is 10.5. The summed E-state index contributed by atoms with van der Waals surface area (Å²) in [5, 5.41) is 11.0. The van der Waals surface area contributed by atoms with Crippen molar-refractivity contribution in [3.63, 3.8) is 0 Å². The van der Waals surface area contributed by atoms with Gasteiger partial charge in [0.25, 0.3) is 0 Å². The monoisotopic (exact) mass is 294 g/mol. The Morgan fingerprint density at radius 2 is 2.00 bits per heavy atom. The quantitative estimate of drug-likeness (QED) is 0.748. The van der Waals surface area contributed by atoms with Crippen molar-refractivity contribution in [2.45, 2.75) is 45.6 Å². The number of carbonyl (C=O) groups is 1. The second-order valence-corrected chi connectivity index (χ2v) is 5.29. The third kappa shape index (κ3) is 4.21. The van der Waals surface area contributed by atoms with E-state index in [4.69, 9.17) is 9.47 Å². The van der Waals surface area contributed by atoms with E-state index in [-0.39, 0.29) is 5.97 Å². The largest absolute Gasteiger partial charge is 0.493 e. The topological polar surface area (TPSA) is 55.8 Å². The predicted octanol–water partition coefficient (Wildman–Crippen LogP) is 3.27. The molecule has 0 radical (unpaired) electrons. The summed E-state index contributed by atoms with van der Waals surface area (Å²) in [5.74, 6) is -0.390. The highest BCUT2D eigenvalue weighted by atomic mass is 16.5. The fourth-order valence-electron chi connectivity index (χ4n) is 2.53. The minimum atomic E-state index is -1.33. The van der Waals surface area contributed by atoms with Crippen LogP contribution in [0.3, 0.4) is 0 Å². The van der Waals surface area contributed by atoms with E-state index in [0.29, 0.717) is 24.3 Å². The molecule has 1 N–H and O–H groups in total. The normalized spacial score (nSPS) is 15.1. The van der Waals surface area contributed by atoms with Crippen LogP contribution in [-0.2, 0) is 15.1 Å². The van der Waals surface area contributed by atoms with E-state index in [1.165, 1.54) is 7.11 Å². The van der Waals surface area contributed by atoms with Gasteiger partial charge in [0.05, 0.1) is 19.6 Å². The zero-order valence-corrected chi connectivity index (χ0v) is 13.4. The summed E-state index contributed by atoms with van der Waals surface area (Å²) in [7, 11) is 1.35.